The second kappa shape index (κ2) is 6.35. The second-order valence-corrected chi connectivity index (χ2v) is 5.33. The molecule has 1 aliphatic rings. The number of hydrogen-bond donors (Lipinski definition) is 1. The van der Waals surface area contributed by atoms with E-state index in [0.717, 1.165) is 43.2 Å². The van der Waals surface area contributed by atoms with Gasteiger partial charge in [-0.3, -0.25) is 9.88 Å². The number of aromatic nitrogens is 1. The van der Waals surface area contributed by atoms with Crippen molar-refractivity contribution in [2.75, 3.05) is 26.7 Å². The van der Waals surface area contributed by atoms with Crippen LogP contribution in [0.1, 0.15) is 30.2 Å². The van der Waals surface area contributed by atoms with Gasteiger partial charge in [-0.2, -0.15) is 0 Å². The molecule has 1 fully saturated rings. The van der Waals surface area contributed by atoms with E-state index in [4.69, 9.17) is 4.74 Å². The van der Waals surface area contributed by atoms with Crippen LogP contribution < -0.4 is 10.1 Å². The number of ether oxygens (including phenoxy) is 1. The van der Waals surface area contributed by atoms with Crippen molar-refractivity contribution in [2.24, 2.45) is 0 Å². The Bertz CT molecular complexity index is 430. The SMILES string of the molecule is CCCN(Cc1ncc(C)c(OC)c1C)C1CNC1. The van der Waals surface area contributed by atoms with Gasteiger partial charge in [0.2, 0.25) is 0 Å². The van der Waals surface area contributed by atoms with Crippen LogP contribution in [0.3, 0.4) is 0 Å². The second-order valence-electron chi connectivity index (χ2n) is 5.33. The Morgan fingerprint density at radius 3 is 2.68 bits per heavy atom. The molecule has 4 nitrogen and oxygen atoms in total. The van der Waals surface area contributed by atoms with E-state index in [2.05, 4.69) is 29.0 Å². The van der Waals surface area contributed by atoms with Gasteiger partial charge in [-0.25, -0.2) is 0 Å². The van der Waals surface area contributed by atoms with Crippen LogP contribution >= 0.6 is 0 Å². The largest absolute Gasteiger partial charge is 0.496 e. The zero-order chi connectivity index (χ0) is 13.8. The van der Waals surface area contributed by atoms with Crippen LogP contribution in [0.15, 0.2) is 6.20 Å². The summed E-state index contributed by atoms with van der Waals surface area (Å²) in [5.74, 6) is 0.980. The number of nitrogens with one attached hydrogen (secondary N) is 1. The van der Waals surface area contributed by atoms with Crippen LogP contribution in [-0.2, 0) is 6.54 Å². The van der Waals surface area contributed by atoms with Crippen molar-refractivity contribution in [1.29, 1.82) is 0 Å². The summed E-state index contributed by atoms with van der Waals surface area (Å²) in [5.41, 5.74) is 3.43. The molecule has 0 bridgehead atoms. The Morgan fingerprint density at radius 2 is 2.16 bits per heavy atom. The molecule has 1 aromatic rings. The van der Waals surface area contributed by atoms with Crippen molar-refractivity contribution in [3.05, 3.63) is 23.0 Å². The molecule has 19 heavy (non-hydrogen) atoms. The van der Waals surface area contributed by atoms with E-state index < -0.39 is 0 Å². The molecule has 0 saturated carbocycles. The van der Waals surface area contributed by atoms with E-state index in [1.54, 1.807) is 7.11 Å². The topological polar surface area (TPSA) is 37.4 Å². The predicted molar refractivity (Wildman–Crippen MR) is 77.6 cm³/mol. The monoisotopic (exact) mass is 263 g/mol. The maximum Gasteiger partial charge on any atom is 0.128 e. The van der Waals surface area contributed by atoms with Crippen molar-refractivity contribution in [3.63, 3.8) is 0 Å². The minimum atomic E-state index is 0.661. The molecule has 0 radical (unpaired) electrons. The van der Waals surface area contributed by atoms with Gasteiger partial charge < -0.3 is 10.1 Å². The molecule has 1 N–H and O–H groups in total. The molecule has 0 amide bonds. The Kier molecular flexibility index (Phi) is 4.77. The third-order valence-corrected chi connectivity index (χ3v) is 3.89. The van der Waals surface area contributed by atoms with Crippen LogP contribution in [-0.4, -0.2) is 42.7 Å². The van der Waals surface area contributed by atoms with Gasteiger partial charge in [0.1, 0.15) is 5.75 Å². The lowest BCUT2D eigenvalue weighted by Gasteiger charge is -2.38. The number of rotatable bonds is 6. The Balaban J connectivity index is 2.16. The van der Waals surface area contributed by atoms with Gasteiger partial charge >= 0.3 is 0 Å². The van der Waals surface area contributed by atoms with Gasteiger partial charge in [0.25, 0.3) is 0 Å². The van der Waals surface area contributed by atoms with Crippen LogP contribution in [0.2, 0.25) is 0 Å². The summed E-state index contributed by atoms with van der Waals surface area (Å²) in [6, 6.07) is 0.661. The first kappa shape index (κ1) is 14.3. The molecule has 0 atom stereocenters. The van der Waals surface area contributed by atoms with Crippen LogP contribution in [0.5, 0.6) is 5.75 Å². The van der Waals surface area contributed by atoms with Gasteiger partial charge in [0.05, 0.1) is 12.8 Å². The van der Waals surface area contributed by atoms with E-state index in [0.29, 0.717) is 6.04 Å². The van der Waals surface area contributed by atoms with E-state index >= 15 is 0 Å². The Labute approximate surface area is 116 Å². The summed E-state index contributed by atoms with van der Waals surface area (Å²) in [6.45, 7) is 10.6. The summed E-state index contributed by atoms with van der Waals surface area (Å²) in [5, 5.41) is 3.35. The molecule has 2 rings (SSSR count). The Morgan fingerprint density at radius 1 is 1.42 bits per heavy atom. The first-order chi connectivity index (χ1) is 9.17. The van der Waals surface area contributed by atoms with Crippen molar-refractivity contribution in [3.8, 4) is 5.75 Å². The normalized spacial score (nSPS) is 15.6. The van der Waals surface area contributed by atoms with Crippen molar-refractivity contribution < 1.29 is 4.74 Å². The number of pyridine rings is 1. The fourth-order valence-electron chi connectivity index (χ4n) is 2.63. The molecule has 4 heteroatoms. The summed E-state index contributed by atoms with van der Waals surface area (Å²) < 4.78 is 5.49. The molecular weight excluding hydrogens is 238 g/mol. The molecule has 0 aromatic carbocycles. The number of methoxy groups -OCH3 is 1. The van der Waals surface area contributed by atoms with Crippen LogP contribution in [0, 0.1) is 13.8 Å². The molecule has 1 aromatic heterocycles. The van der Waals surface area contributed by atoms with Crippen LogP contribution in [0.4, 0.5) is 0 Å². The van der Waals surface area contributed by atoms with Crippen molar-refractivity contribution >= 4 is 0 Å². The van der Waals surface area contributed by atoms with Gasteiger partial charge in [0.15, 0.2) is 0 Å². The fourth-order valence-corrected chi connectivity index (χ4v) is 2.63. The third kappa shape index (κ3) is 3.07. The summed E-state index contributed by atoms with van der Waals surface area (Å²) in [7, 11) is 1.73. The summed E-state index contributed by atoms with van der Waals surface area (Å²) in [6.07, 6.45) is 3.10. The average molecular weight is 263 g/mol. The van der Waals surface area contributed by atoms with Gasteiger partial charge in [0, 0.05) is 43.0 Å². The number of hydrogen-bond acceptors (Lipinski definition) is 4. The molecule has 106 valence electrons. The highest BCUT2D eigenvalue weighted by atomic mass is 16.5. The molecule has 1 saturated heterocycles. The van der Waals surface area contributed by atoms with E-state index in [-0.39, 0.29) is 0 Å². The molecular formula is C15H25N3O. The zero-order valence-corrected chi connectivity index (χ0v) is 12.5. The lowest BCUT2D eigenvalue weighted by atomic mass is 10.1. The van der Waals surface area contributed by atoms with E-state index in [1.165, 1.54) is 12.0 Å². The maximum atomic E-state index is 5.49. The third-order valence-electron chi connectivity index (χ3n) is 3.89. The predicted octanol–water partition coefficient (Wildman–Crippen LogP) is 1.89. The van der Waals surface area contributed by atoms with Gasteiger partial charge in [-0.05, 0) is 26.8 Å². The minimum Gasteiger partial charge on any atom is -0.496 e. The maximum absolute atomic E-state index is 5.49. The minimum absolute atomic E-state index is 0.661. The van der Waals surface area contributed by atoms with E-state index in [1.807, 2.05) is 13.1 Å². The highest BCUT2D eigenvalue weighted by Gasteiger charge is 2.25. The molecule has 0 unspecified atom stereocenters. The standard InChI is InChI=1S/C15H25N3O/c1-5-6-18(13-8-16-9-13)10-14-12(3)15(19-4)11(2)7-17-14/h7,13,16H,5-6,8-10H2,1-4H3. The summed E-state index contributed by atoms with van der Waals surface area (Å²) >= 11 is 0. The summed E-state index contributed by atoms with van der Waals surface area (Å²) in [4.78, 5) is 7.14. The highest BCUT2D eigenvalue weighted by Crippen LogP contribution is 2.25. The van der Waals surface area contributed by atoms with Gasteiger partial charge in [-0.1, -0.05) is 6.92 Å². The smallest absolute Gasteiger partial charge is 0.128 e. The molecule has 0 spiro atoms. The van der Waals surface area contributed by atoms with E-state index in [9.17, 15) is 0 Å². The fraction of sp³-hybridized carbons (Fsp3) is 0.667. The lowest BCUT2D eigenvalue weighted by Crippen LogP contribution is -2.57. The highest BCUT2D eigenvalue weighted by molar-refractivity contribution is 5.41. The van der Waals surface area contributed by atoms with Gasteiger partial charge in [-0.15, -0.1) is 0 Å². The molecule has 1 aliphatic heterocycles. The van der Waals surface area contributed by atoms with Crippen molar-refractivity contribution in [2.45, 2.75) is 39.8 Å². The Hall–Kier alpha value is -1.13. The van der Waals surface area contributed by atoms with Crippen LogP contribution in [0.25, 0.3) is 0 Å². The zero-order valence-electron chi connectivity index (χ0n) is 12.5. The lowest BCUT2D eigenvalue weighted by molar-refractivity contribution is 0.136. The molecule has 0 aliphatic carbocycles. The average Bonchev–Trinajstić information content (AvgIpc) is 2.31. The molecule has 2 heterocycles. The first-order valence-electron chi connectivity index (χ1n) is 7.11. The number of aryl methyl sites for hydroxylation is 1. The van der Waals surface area contributed by atoms with Crippen molar-refractivity contribution in [1.82, 2.24) is 15.2 Å². The quantitative estimate of drug-likeness (QED) is 0.850. The first-order valence-corrected chi connectivity index (χ1v) is 7.11. The number of nitrogens with zero attached hydrogens (tertiary/aromatic N) is 2.